The zero-order chi connectivity index (χ0) is 9.80. The van der Waals surface area contributed by atoms with E-state index in [0.29, 0.717) is 6.10 Å². The van der Waals surface area contributed by atoms with Crippen molar-refractivity contribution in [2.24, 2.45) is 11.8 Å². The van der Waals surface area contributed by atoms with E-state index in [9.17, 15) is 0 Å². The van der Waals surface area contributed by atoms with Crippen LogP contribution in [0.5, 0.6) is 0 Å². The van der Waals surface area contributed by atoms with Gasteiger partial charge in [0, 0.05) is 13.2 Å². The maximum absolute atomic E-state index is 5.58. The van der Waals surface area contributed by atoms with Gasteiger partial charge in [0.05, 0.1) is 6.10 Å². The van der Waals surface area contributed by atoms with Gasteiger partial charge in [-0.2, -0.15) is 0 Å². The second kappa shape index (κ2) is 5.13. The quantitative estimate of drug-likeness (QED) is 0.746. The van der Waals surface area contributed by atoms with Gasteiger partial charge in [0.2, 0.25) is 0 Å². The smallest absolute Gasteiger partial charge is 0.0700 e. The van der Waals surface area contributed by atoms with Crippen molar-refractivity contribution in [3.8, 4) is 0 Å². The lowest BCUT2D eigenvalue weighted by Crippen LogP contribution is -2.30. The number of ether oxygens (including phenoxy) is 1. The first-order valence-corrected chi connectivity index (χ1v) is 6.17. The number of rotatable bonds is 4. The Morgan fingerprint density at radius 3 is 2.79 bits per heavy atom. The zero-order valence-corrected chi connectivity index (χ0v) is 9.30. The summed E-state index contributed by atoms with van der Waals surface area (Å²) in [5.74, 6) is 1.90. The average molecular weight is 197 g/mol. The molecule has 2 aliphatic rings. The molecule has 0 aromatic carbocycles. The fraction of sp³-hybridized carbons (Fsp3) is 1.00. The molecule has 1 aliphatic heterocycles. The summed E-state index contributed by atoms with van der Waals surface area (Å²) in [6, 6.07) is 0. The van der Waals surface area contributed by atoms with Gasteiger partial charge in [-0.25, -0.2) is 0 Å². The molecule has 82 valence electrons. The van der Waals surface area contributed by atoms with Crippen molar-refractivity contribution in [2.45, 2.75) is 45.1 Å². The third kappa shape index (κ3) is 2.96. The summed E-state index contributed by atoms with van der Waals surface area (Å²) in [5, 5.41) is 3.56. The molecule has 0 aromatic heterocycles. The van der Waals surface area contributed by atoms with Gasteiger partial charge in [-0.15, -0.1) is 0 Å². The molecule has 1 N–H and O–H groups in total. The van der Waals surface area contributed by atoms with Crippen molar-refractivity contribution >= 4 is 0 Å². The van der Waals surface area contributed by atoms with Crippen LogP contribution < -0.4 is 5.32 Å². The van der Waals surface area contributed by atoms with Gasteiger partial charge in [-0.3, -0.25) is 0 Å². The molecule has 14 heavy (non-hydrogen) atoms. The van der Waals surface area contributed by atoms with Crippen LogP contribution in [0.3, 0.4) is 0 Å². The minimum absolute atomic E-state index is 0.508. The van der Waals surface area contributed by atoms with Crippen molar-refractivity contribution in [2.75, 3.05) is 19.7 Å². The molecule has 2 nitrogen and oxygen atoms in total. The van der Waals surface area contributed by atoms with E-state index >= 15 is 0 Å². The first kappa shape index (κ1) is 10.4. The lowest BCUT2D eigenvalue weighted by atomic mass is 10.1. The van der Waals surface area contributed by atoms with Crippen LogP contribution in [-0.4, -0.2) is 25.8 Å². The topological polar surface area (TPSA) is 21.3 Å². The fourth-order valence-corrected chi connectivity index (χ4v) is 2.76. The van der Waals surface area contributed by atoms with E-state index < -0.39 is 0 Å². The molecule has 3 atom stereocenters. The van der Waals surface area contributed by atoms with Crippen LogP contribution in [0, 0.1) is 11.8 Å². The molecule has 2 heteroatoms. The number of nitrogens with one attached hydrogen (secondary N) is 1. The molecular formula is C12H23NO. The molecule has 1 aliphatic carbocycles. The third-order valence-electron chi connectivity index (χ3n) is 3.63. The Morgan fingerprint density at radius 2 is 2.14 bits per heavy atom. The van der Waals surface area contributed by atoms with E-state index in [-0.39, 0.29) is 0 Å². The Balaban J connectivity index is 1.54. The van der Waals surface area contributed by atoms with Crippen molar-refractivity contribution < 1.29 is 4.74 Å². The predicted molar refractivity (Wildman–Crippen MR) is 58.3 cm³/mol. The van der Waals surface area contributed by atoms with Crippen LogP contribution in [0.25, 0.3) is 0 Å². The standard InChI is InChI=1S/C12H23NO/c1-10-4-5-11(7-10)8-13-9-12-3-2-6-14-12/h10-13H,2-9H2,1H3. The highest BCUT2D eigenvalue weighted by atomic mass is 16.5. The van der Waals surface area contributed by atoms with Gasteiger partial charge in [0.15, 0.2) is 0 Å². The fourth-order valence-electron chi connectivity index (χ4n) is 2.76. The van der Waals surface area contributed by atoms with Gasteiger partial charge in [0.1, 0.15) is 0 Å². The second-order valence-corrected chi connectivity index (χ2v) is 5.08. The van der Waals surface area contributed by atoms with Gasteiger partial charge in [-0.05, 0) is 44.1 Å². The van der Waals surface area contributed by atoms with Gasteiger partial charge in [-0.1, -0.05) is 13.3 Å². The molecule has 2 rings (SSSR count). The first-order valence-electron chi connectivity index (χ1n) is 6.17. The molecule has 0 amide bonds. The monoisotopic (exact) mass is 197 g/mol. The maximum atomic E-state index is 5.58. The Labute approximate surface area is 87.4 Å². The van der Waals surface area contributed by atoms with Gasteiger partial charge >= 0.3 is 0 Å². The van der Waals surface area contributed by atoms with Crippen molar-refractivity contribution in [1.29, 1.82) is 0 Å². The third-order valence-corrected chi connectivity index (χ3v) is 3.63. The molecule has 1 saturated carbocycles. The number of hydrogen-bond donors (Lipinski definition) is 1. The van der Waals surface area contributed by atoms with Crippen molar-refractivity contribution in [3.05, 3.63) is 0 Å². The minimum atomic E-state index is 0.508. The van der Waals surface area contributed by atoms with Crippen LogP contribution in [-0.2, 0) is 4.74 Å². The Morgan fingerprint density at radius 1 is 1.21 bits per heavy atom. The predicted octanol–water partition coefficient (Wildman–Crippen LogP) is 2.19. The Kier molecular flexibility index (Phi) is 3.82. The summed E-state index contributed by atoms with van der Waals surface area (Å²) < 4.78 is 5.58. The van der Waals surface area contributed by atoms with Crippen LogP contribution in [0.2, 0.25) is 0 Å². The first-order chi connectivity index (χ1) is 6.84. The van der Waals surface area contributed by atoms with Crippen molar-refractivity contribution in [1.82, 2.24) is 5.32 Å². The van der Waals surface area contributed by atoms with E-state index in [0.717, 1.165) is 25.0 Å². The molecule has 1 heterocycles. The maximum Gasteiger partial charge on any atom is 0.0700 e. The highest BCUT2D eigenvalue weighted by molar-refractivity contribution is 4.75. The summed E-state index contributed by atoms with van der Waals surface area (Å²) in [7, 11) is 0. The van der Waals surface area contributed by atoms with Crippen LogP contribution in [0.1, 0.15) is 39.0 Å². The van der Waals surface area contributed by atoms with E-state index in [2.05, 4.69) is 12.2 Å². The Bertz CT molecular complexity index is 166. The molecule has 0 radical (unpaired) electrons. The van der Waals surface area contributed by atoms with Gasteiger partial charge < -0.3 is 10.1 Å². The summed E-state index contributed by atoms with van der Waals surface area (Å²) in [4.78, 5) is 0. The zero-order valence-electron chi connectivity index (χ0n) is 9.30. The second-order valence-electron chi connectivity index (χ2n) is 5.08. The summed E-state index contributed by atoms with van der Waals surface area (Å²) in [6.07, 6.45) is 7.32. The molecular weight excluding hydrogens is 174 g/mol. The van der Waals surface area contributed by atoms with Crippen molar-refractivity contribution in [3.63, 3.8) is 0 Å². The minimum Gasteiger partial charge on any atom is -0.377 e. The highest BCUT2D eigenvalue weighted by Crippen LogP contribution is 2.29. The molecule has 0 spiro atoms. The van der Waals surface area contributed by atoms with E-state index in [1.165, 1.54) is 38.6 Å². The number of hydrogen-bond acceptors (Lipinski definition) is 2. The largest absolute Gasteiger partial charge is 0.377 e. The van der Waals surface area contributed by atoms with Crippen LogP contribution in [0.4, 0.5) is 0 Å². The molecule has 0 aromatic rings. The van der Waals surface area contributed by atoms with E-state index in [1.54, 1.807) is 0 Å². The SMILES string of the molecule is CC1CCC(CNCC2CCCO2)C1. The molecule has 2 fully saturated rings. The molecule has 3 unspecified atom stereocenters. The summed E-state index contributed by atoms with van der Waals surface area (Å²) >= 11 is 0. The summed E-state index contributed by atoms with van der Waals surface area (Å²) in [5.41, 5.74) is 0. The van der Waals surface area contributed by atoms with Crippen LogP contribution >= 0.6 is 0 Å². The lowest BCUT2D eigenvalue weighted by molar-refractivity contribution is 0.109. The molecule has 0 bridgehead atoms. The van der Waals surface area contributed by atoms with E-state index in [4.69, 9.17) is 4.74 Å². The Hall–Kier alpha value is -0.0800. The lowest BCUT2D eigenvalue weighted by Gasteiger charge is -2.14. The highest BCUT2D eigenvalue weighted by Gasteiger charge is 2.21. The summed E-state index contributed by atoms with van der Waals surface area (Å²) in [6.45, 7) is 5.64. The van der Waals surface area contributed by atoms with Crippen LogP contribution in [0.15, 0.2) is 0 Å². The normalized spacial score (nSPS) is 37.9. The molecule has 1 saturated heterocycles. The average Bonchev–Trinajstić information content (AvgIpc) is 2.77. The van der Waals surface area contributed by atoms with Gasteiger partial charge in [0.25, 0.3) is 0 Å². The van der Waals surface area contributed by atoms with E-state index in [1.807, 2.05) is 0 Å².